The van der Waals surface area contributed by atoms with Crippen molar-refractivity contribution in [2.45, 2.75) is 59.3 Å². The molecule has 2 rings (SSSR count). The van der Waals surface area contributed by atoms with Gasteiger partial charge in [0.2, 0.25) is 0 Å². The first-order valence-corrected chi connectivity index (χ1v) is 7.09. The van der Waals surface area contributed by atoms with Crippen molar-refractivity contribution in [1.29, 1.82) is 0 Å². The van der Waals surface area contributed by atoms with E-state index in [0.29, 0.717) is 5.92 Å². The molecule has 0 spiro atoms. The molecule has 3 heteroatoms. The Kier molecular flexibility index (Phi) is 3.88. The van der Waals surface area contributed by atoms with Crippen molar-refractivity contribution in [2.75, 3.05) is 11.9 Å². The molecular formula is C15H25N3. The molecular weight excluding hydrogens is 222 g/mol. The smallest absolute Gasteiger partial charge is 0.131 e. The molecule has 0 aliphatic heterocycles. The summed E-state index contributed by atoms with van der Waals surface area (Å²) in [5, 5.41) is 3.39. The van der Waals surface area contributed by atoms with Gasteiger partial charge in [-0.3, -0.25) is 0 Å². The van der Waals surface area contributed by atoms with Gasteiger partial charge in [0.05, 0.1) is 0 Å². The van der Waals surface area contributed by atoms with Gasteiger partial charge in [-0.15, -0.1) is 0 Å². The highest BCUT2D eigenvalue weighted by Crippen LogP contribution is 2.39. The molecule has 1 aliphatic rings. The first kappa shape index (κ1) is 13.3. The van der Waals surface area contributed by atoms with Gasteiger partial charge in [-0.2, -0.15) is 0 Å². The summed E-state index contributed by atoms with van der Waals surface area (Å²) in [5.74, 6) is 2.69. The van der Waals surface area contributed by atoms with E-state index in [4.69, 9.17) is 4.98 Å². The molecule has 3 nitrogen and oxygen atoms in total. The standard InChI is InChI=1S/C15H25N3/c1-5-8-16-13-9-12(11-6-7-11)17-14(18-13)10-15(2,3)4/h9,11H,5-8,10H2,1-4H3,(H,16,17,18). The fraction of sp³-hybridized carbons (Fsp3) is 0.733. The van der Waals surface area contributed by atoms with Crippen LogP contribution in [0.1, 0.15) is 64.4 Å². The number of anilines is 1. The van der Waals surface area contributed by atoms with Gasteiger partial charge in [0, 0.05) is 30.6 Å². The minimum atomic E-state index is 0.240. The van der Waals surface area contributed by atoms with Crippen molar-refractivity contribution in [1.82, 2.24) is 9.97 Å². The lowest BCUT2D eigenvalue weighted by Gasteiger charge is -2.18. The monoisotopic (exact) mass is 247 g/mol. The molecule has 1 N–H and O–H groups in total. The second-order valence-corrected chi connectivity index (χ2v) is 6.53. The minimum Gasteiger partial charge on any atom is -0.370 e. The molecule has 1 fully saturated rings. The van der Waals surface area contributed by atoms with Gasteiger partial charge in [0.1, 0.15) is 11.6 Å². The summed E-state index contributed by atoms with van der Waals surface area (Å²) in [6.07, 6.45) is 4.64. The van der Waals surface area contributed by atoms with Crippen LogP contribution < -0.4 is 5.32 Å². The maximum Gasteiger partial charge on any atom is 0.131 e. The Hall–Kier alpha value is -1.12. The van der Waals surface area contributed by atoms with Gasteiger partial charge in [0.15, 0.2) is 0 Å². The molecule has 18 heavy (non-hydrogen) atoms. The number of nitrogens with one attached hydrogen (secondary N) is 1. The maximum atomic E-state index is 4.74. The summed E-state index contributed by atoms with van der Waals surface area (Å²) in [5.41, 5.74) is 1.48. The van der Waals surface area contributed by atoms with E-state index in [0.717, 1.165) is 31.0 Å². The van der Waals surface area contributed by atoms with E-state index in [1.165, 1.54) is 18.5 Å². The Balaban J connectivity index is 2.19. The molecule has 1 heterocycles. The van der Waals surface area contributed by atoms with Crippen LogP contribution in [0.4, 0.5) is 5.82 Å². The fourth-order valence-corrected chi connectivity index (χ4v) is 2.00. The molecule has 1 saturated carbocycles. The Morgan fingerprint density at radius 1 is 1.28 bits per heavy atom. The quantitative estimate of drug-likeness (QED) is 0.860. The van der Waals surface area contributed by atoms with Crippen molar-refractivity contribution in [3.8, 4) is 0 Å². The van der Waals surface area contributed by atoms with E-state index in [9.17, 15) is 0 Å². The maximum absolute atomic E-state index is 4.74. The highest BCUT2D eigenvalue weighted by atomic mass is 15.0. The van der Waals surface area contributed by atoms with Gasteiger partial charge < -0.3 is 5.32 Å². The third kappa shape index (κ3) is 3.97. The zero-order chi connectivity index (χ0) is 13.2. The first-order chi connectivity index (χ1) is 8.48. The molecule has 0 unspecified atom stereocenters. The predicted octanol–water partition coefficient (Wildman–Crippen LogP) is 3.76. The molecule has 0 amide bonds. The van der Waals surface area contributed by atoms with E-state index in [-0.39, 0.29) is 5.41 Å². The molecule has 0 aromatic carbocycles. The Morgan fingerprint density at radius 3 is 2.56 bits per heavy atom. The second-order valence-electron chi connectivity index (χ2n) is 6.53. The summed E-state index contributed by atoms with van der Waals surface area (Å²) in [6.45, 7) is 9.86. The van der Waals surface area contributed by atoms with Crippen LogP contribution in [0.5, 0.6) is 0 Å². The van der Waals surface area contributed by atoms with E-state index >= 15 is 0 Å². The zero-order valence-electron chi connectivity index (χ0n) is 12.1. The molecule has 1 aromatic heterocycles. The predicted molar refractivity (Wildman–Crippen MR) is 75.9 cm³/mol. The van der Waals surface area contributed by atoms with Crippen molar-refractivity contribution in [2.24, 2.45) is 5.41 Å². The van der Waals surface area contributed by atoms with Gasteiger partial charge in [-0.05, 0) is 24.7 Å². The van der Waals surface area contributed by atoms with E-state index in [2.05, 4.69) is 44.1 Å². The summed E-state index contributed by atoms with van der Waals surface area (Å²) in [7, 11) is 0. The summed E-state index contributed by atoms with van der Waals surface area (Å²) in [6, 6.07) is 2.14. The normalized spacial score (nSPS) is 15.8. The SMILES string of the molecule is CCCNc1cc(C2CC2)nc(CC(C)(C)C)n1. The highest BCUT2D eigenvalue weighted by molar-refractivity contribution is 5.38. The Labute approximate surface area is 110 Å². The number of nitrogens with zero attached hydrogens (tertiary/aromatic N) is 2. The Morgan fingerprint density at radius 2 is 2.00 bits per heavy atom. The van der Waals surface area contributed by atoms with Crippen LogP contribution in [0.15, 0.2) is 6.07 Å². The molecule has 0 bridgehead atoms. The third-order valence-corrected chi connectivity index (χ3v) is 3.03. The van der Waals surface area contributed by atoms with E-state index in [1.54, 1.807) is 0 Å². The lowest BCUT2D eigenvalue weighted by atomic mass is 9.92. The average Bonchev–Trinajstić information content (AvgIpc) is 3.07. The van der Waals surface area contributed by atoms with Crippen LogP contribution in [0.25, 0.3) is 0 Å². The van der Waals surface area contributed by atoms with Gasteiger partial charge >= 0.3 is 0 Å². The van der Waals surface area contributed by atoms with Crippen LogP contribution in [0.3, 0.4) is 0 Å². The molecule has 0 radical (unpaired) electrons. The van der Waals surface area contributed by atoms with E-state index in [1.807, 2.05) is 0 Å². The topological polar surface area (TPSA) is 37.8 Å². The first-order valence-electron chi connectivity index (χ1n) is 7.09. The van der Waals surface area contributed by atoms with Crippen LogP contribution in [0.2, 0.25) is 0 Å². The van der Waals surface area contributed by atoms with Crippen LogP contribution in [-0.4, -0.2) is 16.5 Å². The molecule has 1 aliphatic carbocycles. The number of rotatable bonds is 5. The number of hydrogen-bond acceptors (Lipinski definition) is 3. The molecule has 1 aromatic rings. The lowest BCUT2D eigenvalue weighted by Crippen LogP contribution is -2.14. The number of aromatic nitrogens is 2. The van der Waals surface area contributed by atoms with Crippen molar-refractivity contribution in [3.05, 3.63) is 17.6 Å². The Bertz CT molecular complexity index is 403. The fourth-order valence-electron chi connectivity index (χ4n) is 2.00. The lowest BCUT2D eigenvalue weighted by molar-refractivity contribution is 0.400. The van der Waals surface area contributed by atoms with Gasteiger partial charge in [-0.1, -0.05) is 27.7 Å². The van der Waals surface area contributed by atoms with Crippen LogP contribution in [0, 0.1) is 5.41 Å². The van der Waals surface area contributed by atoms with Crippen LogP contribution in [-0.2, 0) is 6.42 Å². The minimum absolute atomic E-state index is 0.240. The number of hydrogen-bond donors (Lipinski definition) is 1. The zero-order valence-corrected chi connectivity index (χ0v) is 12.1. The highest BCUT2D eigenvalue weighted by Gasteiger charge is 2.26. The summed E-state index contributed by atoms with van der Waals surface area (Å²) >= 11 is 0. The van der Waals surface area contributed by atoms with Crippen molar-refractivity contribution >= 4 is 5.82 Å². The third-order valence-electron chi connectivity index (χ3n) is 3.03. The summed E-state index contributed by atoms with van der Waals surface area (Å²) in [4.78, 5) is 9.38. The van der Waals surface area contributed by atoms with Crippen LogP contribution >= 0.6 is 0 Å². The van der Waals surface area contributed by atoms with E-state index < -0.39 is 0 Å². The average molecular weight is 247 g/mol. The largest absolute Gasteiger partial charge is 0.370 e. The van der Waals surface area contributed by atoms with Crippen molar-refractivity contribution < 1.29 is 0 Å². The summed E-state index contributed by atoms with van der Waals surface area (Å²) < 4.78 is 0. The molecule has 0 atom stereocenters. The van der Waals surface area contributed by atoms with Gasteiger partial charge in [0.25, 0.3) is 0 Å². The van der Waals surface area contributed by atoms with Crippen molar-refractivity contribution in [3.63, 3.8) is 0 Å². The molecule has 100 valence electrons. The van der Waals surface area contributed by atoms with Gasteiger partial charge in [-0.25, -0.2) is 9.97 Å². The molecule has 0 saturated heterocycles. The second kappa shape index (κ2) is 5.25.